The zero-order chi connectivity index (χ0) is 13.1. The van der Waals surface area contributed by atoms with Crippen LogP contribution in [-0.2, 0) is 0 Å². The van der Waals surface area contributed by atoms with Crippen LogP contribution in [0.1, 0.15) is 0 Å². The van der Waals surface area contributed by atoms with Gasteiger partial charge in [-0.25, -0.2) is 10.8 Å². The molecule has 7 heteroatoms. The Balaban J connectivity index is 2.34. The van der Waals surface area contributed by atoms with Gasteiger partial charge < -0.3 is 16.2 Å². The van der Waals surface area contributed by atoms with E-state index in [1.54, 1.807) is 31.4 Å². The summed E-state index contributed by atoms with van der Waals surface area (Å²) in [4.78, 5) is 7.79. The van der Waals surface area contributed by atoms with E-state index in [4.69, 9.17) is 22.0 Å². The highest BCUT2D eigenvalue weighted by Crippen LogP contribution is 2.26. The summed E-state index contributed by atoms with van der Waals surface area (Å²) < 4.78 is 5.07. The predicted octanol–water partition coefficient (Wildman–Crippen LogP) is 0.661. The highest BCUT2D eigenvalue weighted by molar-refractivity contribution is 5.70. The van der Waals surface area contributed by atoms with E-state index in [0.717, 1.165) is 5.75 Å². The molecule has 94 valence electrons. The standard InChI is InChI=1S/C11H14N6O/c1-18-8-4-2-7(3-5-8)17(14)10-9(12)6-15-11(13)16-10/h2-6H,12,14H2,1H3,(H2,13,15,16). The lowest BCUT2D eigenvalue weighted by Crippen LogP contribution is -2.27. The van der Waals surface area contributed by atoms with Crippen LogP contribution >= 0.6 is 0 Å². The van der Waals surface area contributed by atoms with E-state index in [1.807, 2.05) is 0 Å². The Hall–Kier alpha value is -2.54. The van der Waals surface area contributed by atoms with E-state index in [9.17, 15) is 0 Å². The lowest BCUT2D eigenvalue weighted by molar-refractivity contribution is 0.415. The van der Waals surface area contributed by atoms with Gasteiger partial charge in [0, 0.05) is 0 Å². The molecular formula is C11H14N6O. The van der Waals surface area contributed by atoms with Crippen molar-refractivity contribution in [2.45, 2.75) is 0 Å². The van der Waals surface area contributed by atoms with Crippen LogP contribution in [0.4, 0.5) is 23.1 Å². The van der Waals surface area contributed by atoms with Gasteiger partial charge in [-0.2, -0.15) is 4.98 Å². The fourth-order valence-electron chi connectivity index (χ4n) is 1.45. The van der Waals surface area contributed by atoms with Gasteiger partial charge in [0.25, 0.3) is 0 Å². The van der Waals surface area contributed by atoms with Gasteiger partial charge in [0.05, 0.1) is 24.7 Å². The number of anilines is 4. The van der Waals surface area contributed by atoms with Crippen molar-refractivity contribution in [1.82, 2.24) is 9.97 Å². The third-order valence-corrected chi connectivity index (χ3v) is 2.39. The van der Waals surface area contributed by atoms with Crippen molar-refractivity contribution in [2.75, 3.05) is 23.6 Å². The first-order valence-corrected chi connectivity index (χ1v) is 5.18. The topological polar surface area (TPSA) is 116 Å². The Labute approximate surface area is 104 Å². The van der Waals surface area contributed by atoms with Gasteiger partial charge in [0.1, 0.15) is 5.75 Å². The number of aromatic nitrogens is 2. The molecule has 0 radical (unpaired) electrons. The maximum Gasteiger partial charge on any atom is 0.222 e. The Bertz CT molecular complexity index is 542. The minimum Gasteiger partial charge on any atom is -0.497 e. The van der Waals surface area contributed by atoms with Crippen LogP contribution in [0.2, 0.25) is 0 Å². The zero-order valence-corrected chi connectivity index (χ0v) is 9.87. The minimum atomic E-state index is 0.114. The van der Waals surface area contributed by atoms with Crippen molar-refractivity contribution in [1.29, 1.82) is 0 Å². The Morgan fingerprint density at radius 1 is 1.17 bits per heavy atom. The van der Waals surface area contributed by atoms with Crippen LogP contribution in [-0.4, -0.2) is 17.1 Å². The second-order valence-corrected chi connectivity index (χ2v) is 3.58. The molecule has 18 heavy (non-hydrogen) atoms. The molecule has 0 saturated heterocycles. The molecule has 0 aliphatic rings. The first-order valence-electron chi connectivity index (χ1n) is 5.18. The lowest BCUT2D eigenvalue weighted by atomic mass is 10.3. The van der Waals surface area contributed by atoms with Crippen LogP contribution < -0.4 is 27.1 Å². The van der Waals surface area contributed by atoms with Crippen molar-refractivity contribution in [2.24, 2.45) is 5.84 Å². The molecule has 2 rings (SSSR count). The van der Waals surface area contributed by atoms with E-state index in [1.165, 1.54) is 11.2 Å². The zero-order valence-electron chi connectivity index (χ0n) is 9.87. The largest absolute Gasteiger partial charge is 0.497 e. The number of rotatable bonds is 3. The Kier molecular flexibility index (Phi) is 3.16. The first kappa shape index (κ1) is 11.9. The molecule has 0 aliphatic heterocycles. The summed E-state index contributed by atoms with van der Waals surface area (Å²) in [6, 6.07) is 7.15. The van der Waals surface area contributed by atoms with Crippen LogP contribution in [0.15, 0.2) is 30.5 Å². The van der Waals surface area contributed by atoms with Crippen molar-refractivity contribution in [3.8, 4) is 5.75 Å². The Morgan fingerprint density at radius 2 is 1.83 bits per heavy atom. The lowest BCUT2D eigenvalue weighted by Gasteiger charge is -2.19. The van der Waals surface area contributed by atoms with E-state index in [2.05, 4.69) is 9.97 Å². The number of nitrogens with two attached hydrogens (primary N) is 3. The van der Waals surface area contributed by atoms with E-state index in [-0.39, 0.29) is 5.95 Å². The van der Waals surface area contributed by atoms with Gasteiger partial charge in [0.2, 0.25) is 5.95 Å². The summed E-state index contributed by atoms with van der Waals surface area (Å²) in [6.45, 7) is 0. The third kappa shape index (κ3) is 2.25. The normalized spacial score (nSPS) is 10.1. The number of ether oxygens (including phenoxy) is 1. The highest BCUT2D eigenvalue weighted by Gasteiger charge is 2.11. The summed E-state index contributed by atoms with van der Waals surface area (Å²) in [5.41, 5.74) is 12.3. The van der Waals surface area contributed by atoms with Gasteiger partial charge in [-0.05, 0) is 24.3 Å². The molecule has 2 aromatic rings. The molecule has 1 heterocycles. The smallest absolute Gasteiger partial charge is 0.222 e. The van der Waals surface area contributed by atoms with Crippen LogP contribution in [0.25, 0.3) is 0 Å². The number of methoxy groups -OCH3 is 1. The van der Waals surface area contributed by atoms with E-state index >= 15 is 0 Å². The molecule has 0 spiro atoms. The van der Waals surface area contributed by atoms with Crippen molar-refractivity contribution in [3.05, 3.63) is 30.5 Å². The van der Waals surface area contributed by atoms with Crippen molar-refractivity contribution < 1.29 is 4.74 Å². The number of hydrogen-bond acceptors (Lipinski definition) is 7. The molecular weight excluding hydrogens is 232 g/mol. The predicted molar refractivity (Wildman–Crippen MR) is 70.2 cm³/mol. The molecule has 1 aromatic heterocycles. The molecule has 6 N–H and O–H groups in total. The summed E-state index contributed by atoms with van der Waals surface area (Å²) in [5, 5.41) is 1.34. The summed E-state index contributed by atoms with van der Waals surface area (Å²) >= 11 is 0. The van der Waals surface area contributed by atoms with Gasteiger partial charge in [-0.15, -0.1) is 0 Å². The number of hydrazine groups is 1. The molecule has 0 fully saturated rings. The maximum atomic E-state index is 5.94. The summed E-state index contributed by atoms with van der Waals surface area (Å²) in [5.74, 6) is 7.15. The molecule has 0 bridgehead atoms. The van der Waals surface area contributed by atoms with Crippen molar-refractivity contribution >= 4 is 23.1 Å². The fraction of sp³-hybridized carbons (Fsp3) is 0.0909. The average Bonchev–Trinajstić information content (AvgIpc) is 2.41. The van der Waals surface area contributed by atoms with Gasteiger partial charge >= 0.3 is 0 Å². The van der Waals surface area contributed by atoms with Gasteiger partial charge in [0.15, 0.2) is 5.82 Å². The highest BCUT2D eigenvalue weighted by atomic mass is 16.5. The quantitative estimate of drug-likeness (QED) is 0.538. The number of benzene rings is 1. The van der Waals surface area contributed by atoms with Crippen LogP contribution in [0, 0.1) is 0 Å². The molecule has 0 amide bonds. The van der Waals surface area contributed by atoms with Crippen molar-refractivity contribution in [3.63, 3.8) is 0 Å². The van der Waals surface area contributed by atoms with Gasteiger partial charge in [-0.3, -0.25) is 5.01 Å². The number of hydrogen-bond donors (Lipinski definition) is 3. The Morgan fingerprint density at radius 3 is 2.44 bits per heavy atom. The second kappa shape index (κ2) is 4.76. The number of nitrogens with zero attached hydrogens (tertiary/aromatic N) is 3. The molecule has 0 saturated carbocycles. The first-order chi connectivity index (χ1) is 8.61. The van der Waals surface area contributed by atoms with E-state index in [0.29, 0.717) is 17.2 Å². The molecule has 0 aliphatic carbocycles. The molecule has 7 nitrogen and oxygen atoms in total. The average molecular weight is 246 g/mol. The number of nitrogen functional groups attached to an aromatic ring is 2. The maximum absolute atomic E-state index is 5.94. The fourth-order valence-corrected chi connectivity index (χ4v) is 1.45. The van der Waals surface area contributed by atoms with Crippen LogP contribution in [0.5, 0.6) is 5.75 Å². The monoisotopic (exact) mass is 246 g/mol. The third-order valence-electron chi connectivity index (χ3n) is 2.39. The SMILES string of the molecule is COc1ccc(N(N)c2nc(N)ncc2N)cc1. The molecule has 0 atom stereocenters. The molecule has 1 aromatic carbocycles. The molecule has 0 unspecified atom stereocenters. The minimum absolute atomic E-state index is 0.114. The van der Waals surface area contributed by atoms with Gasteiger partial charge in [-0.1, -0.05) is 0 Å². The summed E-state index contributed by atoms with van der Waals surface area (Å²) in [6.07, 6.45) is 1.42. The van der Waals surface area contributed by atoms with Crippen LogP contribution in [0.3, 0.4) is 0 Å². The van der Waals surface area contributed by atoms with E-state index < -0.39 is 0 Å². The summed E-state index contributed by atoms with van der Waals surface area (Å²) in [7, 11) is 1.60. The second-order valence-electron chi connectivity index (χ2n) is 3.58.